The number of carbonyl (C=O) groups excluding carboxylic acids is 3. The van der Waals surface area contributed by atoms with Crippen molar-refractivity contribution < 1.29 is 29.4 Å². The van der Waals surface area contributed by atoms with Gasteiger partial charge in [-0.05, 0) is 42.4 Å². The summed E-state index contributed by atoms with van der Waals surface area (Å²) in [6, 6.07) is 3.14. The molecule has 7 N–H and O–H groups in total. The van der Waals surface area contributed by atoms with Gasteiger partial charge in [0.2, 0.25) is 17.7 Å². The number of phenols is 1. The summed E-state index contributed by atoms with van der Waals surface area (Å²) in [5.74, 6) is -2.53. The number of carboxylic acids is 1. The minimum atomic E-state index is -1.23. The number of carboxylic acid groups (broad SMARTS) is 1. The van der Waals surface area contributed by atoms with Gasteiger partial charge in [-0.3, -0.25) is 14.4 Å². The lowest BCUT2D eigenvalue weighted by Crippen LogP contribution is -2.54. The molecule has 10 heteroatoms. The molecule has 0 saturated carbocycles. The number of nitrogens with two attached hydrogens (primary N) is 1. The molecule has 33 heavy (non-hydrogen) atoms. The molecule has 0 aliphatic rings. The molecule has 3 unspecified atom stereocenters. The smallest absolute Gasteiger partial charge is 0.326 e. The zero-order valence-corrected chi connectivity index (χ0v) is 19.6. The molecule has 1 rings (SSSR count). The van der Waals surface area contributed by atoms with E-state index < -0.39 is 48.4 Å². The molecule has 0 saturated heterocycles. The molecule has 0 bridgehead atoms. The van der Waals surface area contributed by atoms with Crippen molar-refractivity contribution in [2.45, 2.75) is 65.1 Å². The summed E-state index contributed by atoms with van der Waals surface area (Å²) in [5, 5.41) is 26.2. The first-order chi connectivity index (χ1) is 15.4. The second-order valence-corrected chi connectivity index (χ2v) is 8.97. The molecular weight excluding hydrogens is 428 g/mol. The Morgan fingerprint density at radius 1 is 0.879 bits per heavy atom. The van der Waals surface area contributed by atoms with Gasteiger partial charge in [0.25, 0.3) is 0 Å². The van der Waals surface area contributed by atoms with Crippen LogP contribution in [0.1, 0.15) is 46.1 Å². The molecule has 0 aromatic heterocycles. The Bertz CT molecular complexity index is 810. The van der Waals surface area contributed by atoms with E-state index in [1.807, 2.05) is 27.7 Å². The van der Waals surface area contributed by atoms with Crippen molar-refractivity contribution in [3.8, 4) is 5.75 Å². The van der Waals surface area contributed by atoms with Gasteiger partial charge in [-0.1, -0.05) is 39.8 Å². The summed E-state index contributed by atoms with van der Waals surface area (Å²) in [6.45, 7) is 7.23. The summed E-state index contributed by atoms with van der Waals surface area (Å²) < 4.78 is 0. The van der Waals surface area contributed by atoms with Gasteiger partial charge in [0.1, 0.15) is 17.8 Å². The number of amides is 3. The molecule has 0 aliphatic heterocycles. The van der Waals surface area contributed by atoms with Crippen molar-refractivity contribution in [3.63, 3.8) is 0 Å². The van der Waals surface area contributed by atoms with E-state index in [4.69, 9.17) is 5.73 Å². The molecule has 0 aliphatic carbocycles. The number of nitrogens with one attached hydrogen (secondary N) is 3. The summed E-state index contributed by atoms with van der Waals surface area (Å²) in [4.78, 5) is 48.8. The third kappa shape index (κ3) is 10.8. The van der Waals surface area contributed by atoms with Crippen LogP contribution in [0, 0.1) is 11.8 Å². The lowest BCUT2D eigenvalue weighted by molar-refractivity contribution is -0.141. The summed E-state index contributed by atoms with van der Waals surface area (Å²) >= 11 is 0. The van der Waals surface area contributed by atoms with Crippen LogP contribution in [0.4, 0.5) is 0 Å². The van der Waals surface area contributed by atoms with Gasteiger partial charge < -0.3 is 31.9 Å². The molecule has 3 amide bonds. The van der Waals surface area contributed by atoms with E-state index >= 15 is 0 Å². The topological polar surface area (TPSA) is 171 Å². The van der Waals surface area contributed by atoms with E-state index in [1.54, 1.807) is 12.1 Å². The molecule has 3 atom stereocenters. The second kappa shape index (κ2) is 13.4. The van der Waals surface area contributed by atoms with Crippen molar-refractivity contribution in [2.24, 2.45) is 17.6 Å². The first-order valence-electron chi connectivity index (χ1n) is 11.0. The standard InChI is InChI=1S/C23H36N4O6/c1-13(2)9-17(24)21(30)27-18(10-14(3)4)22(31)25-12-20(29)26-19(23(32)33)11-15-5-7-16(28)8-6-15/h5-8,13-14,17-19,28H,9-12,24H2,1-4H3,(H,25,31)(H,26,29)(H,27,30)(H,32,33). The van der Waals surface area contributed by atoms with Crippen molar-refractivity contribution in [1.29, 1.82) is 0 Å². The Kier molecular flexibility index (Phi) is 11.3. The maximum atomic E-state index is 12.6. The lowest BCUT2D eigenvalue weighted by atomic mass is 10.0. The van der Waals surface area contributed by atoms with Crippen molar-refractivity contribution in [1.82, 2.24) is 16.0 Å². The number of hydrogen-bond donors (Lipinski definition) is 6. The minimum absolute atomic E-state index is 0.00900. The SMILES string of the molecule is CC(C)CC(N)C(=O)NC(CC(C)C)C(=O)NCC(=O)NC(Cc1ccc(O)cc1)C(=O)O. The molecule has 0 fully saturated rings. The van der Waals surface area contributed by atoms with Crippen LogP contribution in [-0.4, -0.2) is 58.6 Å². The highest BCUT2D eigenvalue weighted by molar-refractivity contribution is 5.92. The minimum Gasteiger partial charge on any atom is -0.508 e. The molecule has 1 aromatic carbocycles. The maximum Gasteiger partial charge on any atom is 0.326 e. The van der Waals surface area contributed by atoms with Crippen molar-refractivity contribution in [2.75, 3.05) is 6.54 Å². The quantitative estimate of drug-likeness (QED) is 0.247. The van der Waals surface area contributed by atoms with Crippen LogP contribution < -0.4 is 21.7 Å². The molecule has 1 aromatic rings. The van der Waals surface area contributed by atoms with Gasteiger partial charge in [0.05, 0.1) is 12.6 Å². The average molecular weight is 465 g/mol. The number of benzene rings is 1. The van der Waals surface area contributed by atoms with Gasteiger partial charge in [-0.2, -0.15) is 0 Å². The molecular formula is C23H36N4O6. The largest absolute Gasteiger partial charge is 0.508 e. The van der Waals surface area contributed by atoms with E-state index in [0.717, 1.165) is 0 Å². The molecule has 0 heterocycles. The van der Waals surface area contributed by atoms with Crippen molar-refractivity contribution in [3.05, 3.63) is 29.8 Å². The highest BCUT2D eigenvalue weighted by Gasteiger charge is 2.26. The van der Waals surface area contributed by atoms with Gasteiger partial charge >= 0.3 is 5.97 Å². The molecule has 10 nitrogen and oxygen atoms in total. The zero-order chi connectivity index (χ0) is 25.1. The van der Waals surface area contributed by atoms with Crippen LogP contribution in [0.25, 0.3) is 0 Å². The summed E-state index contributed by atoms with van der Waals surface area (Å²) in [7, 11) is 0. The van der Waals surface area contributed by atoms with Crippen LogP contribution in [0.3, 0.4) is 0 Å². The average Bonchev–Trinajstić information content (AvgIpc) is 2.71. The first-order valence-corrected chi connectivity index (χ1v) is 11.0. The van der Waals surface area contributed by atoms with Crippen LogP contribution in [0.5, 0.6) is 5.75 Å². The number of aromatic hydroxyl groups is 1. The fourth-order valence-corrected chi connectivity index (χ4v) is 3.20. The molecule has 0 radical (unpaired) electrons. The zero-order valence-electron chi connectivity index (χ0n) is 19.6. The van der Waals surface area contributed by atoms with E-state index in [0.29, 0.717) is 18.4 Å². The fraction of sp³-hybridized carbons (Fsp3) is 0.565. The van der Waals surface area contributed by atoms with Crippen LogP contribution >= 0.6 is 0 Å². The van der Waals surface area contributed by atoms with Gasteiger partial charge in [-0.25, -0.2) is 4.79 Å². The highest BCUT2D eigenvalue weighted by Crippen LogP contribution is 2.11. The predicted octanol–water partition coefficient (Wildman–Crippen LogP) is 0.525. The van der Waals surface area contributed by atoms with Crippen molar-refractivity contribution >= 4 is 23.7 Å². The highest BCUT2D eigenvalue weighted by atomic mass is 16.4. The van der Waals surface area contributed by atoms with Crippen LogP contribution in [0.15, 0.2) is 24.3 Å². The summed E-state index contributed by atoms with van der Waals surface area (Å²) in [6.07, 6.45) is 0.836. The predicted molar refractivity (Wildman–Crippen MR) is 123 cm³/mol. The fourth-order valence-electron chi connectivity index (χ4n) is 3.20. The molecule has 184 valence electrons. The third-order valence-corrected chi connectivity index (χ3v) is 4.83. The van der Waals surface area contributed by atoms with E-state index in [1.165, 1.54) is 12.1 Å². The number of phenolic OH excluding ortho intramolecular Hbond substituents is 1. The maximum absolute atomic E-state index is 12.6. The molecule has 0 spiro atoms. The lowest BCUT2D eigenvalue weighted by Gasteiger charge is -2.23. The van der Waals surface area contributed by atoms with E-state index in [-0.39, 0.29) is 24.0 Å². The number of hydrogen-bond acceptors (Lipinski definition) is 6. The van der Waals surface area contributed by atoms with E-state index in [9.17, 15) is 29.4 Å². The Labute approximate surface area is 194 Å². The Morgan fingerprint density at radius 2 is 1.45 bits per heavy atom. The number of aliphatic carboxylic acids is 1. The monoisotopic (exact) mass is 464 g/mol. The Balaban J connectivity index is 2.68. The third-order valence-electron chi connectivity index (χ3n) is 4.83. The number of rotatable bonds is 13. The van der Waals surface area contributed by atoms with Gasteiger partial charge in [0, 0.05) is 6.42 Å². The van der Waals surface area contributed by atoms with Gasteiger partial charge in [0.15, 0.2) is 0 Å². The second-order valence-electron chi connectivity index (χ2n) is 8.97. The Morgan fingerprint density at radius 3 is 1.97 bits per heavy atom. The summed E-state index contributed by atoms with van der Waals surface area (Å²) in [5.41, 5.74) is 6.51. The number of carbonyl (C=O) groups is 4. The normalized spacial score (nSPS) is 13.8. The van der Waals surface area contributed by atoms with E-state index in [2.05, 4.69) is 16.0 Å². The van der Waals surface area contributed by atoms with Crippen LogP contribution in [-0.2, 0) is 25.6 Å². The first kappa shape index (κ1) is 27.9. The van der Waals surface area contributed by atoms with Crippen LogP contribution in [0.2, 0.25) is 0 Å². The Hall–Kier alpha value is -3.14. The van der Waals surface area contributed by atoms with Gasteiger partial charge in [-0.15, -0.1) is 0 Å².